The summed E-state index contributed by atoms with van der Waals surface area (Å²) in [5.74, 6) is -3.52. The Hall–Kier alpha value is -2.31. The Kier molecular flexibility index (Phi) is 2.15. The minimum atomic E-state index is -0.997. The number of esters is 1. The normalized spacial score (nSPS) is 12.6. The minimum absolute atomic E-state index is 0.198. The van der Waals surface area contributed by atoms with Gasteiger partial charge in [0.15, 0.2) is 17.1 Å². The average molecular weight is 228 g/mol. The largest absolute Gasteiger partial charge is 0.503 e. The quantitative estimate of drug-likeness (QED) is 0.361. The minimum Gasteiger partial charge on any atom is -0.503 e. The van der Waals surface area contributed by atoms with Crippen molar-refractivity contribution < 1.29 is 34.3 Å². The molecule has 3 N–H and O–H groups in total. The molecule has 7 nitrogen and oxygen atoms in total. The van der Waals surface area contributed by atoms with Gasteiger partial charge in [0.25, 0.3) is 0 Å². The van der Waals surface area contributed by atoms with Crippen LogP contribution < -0.4 is 9.47 Å². The first-order valence-corrected chi connectivity index (χ1v) is 4.22. The van der Waals surface area contributed by atoms with Crippen molar-refractivity contribution in [3.8, 4) is 28.7 Å². The highest BCUT2D eigenvalue weighted by Gasteiger charge is 2.33. The fraction of sp³-hybridized carbons (Fsp3) is 0.222. The summed E-state index contributed by atoms with van der Waals surface area (Å²) in [6, 6.07) is 0. The third kappa shape index (κ3) is 1.18. The van der Waals surface area contributed by atoms with Crippen LogP contribution in [0.15, 0.2) is 0 Å². The Morgan fingerprint density at radius 1 is 1.12 bits per heavy atom. The second kappa shape index (κ2) is 3.37. The molecule has 7 heteroatoms. The Labute approximate surface area is 89.4 Å². The molecule has 16 heavy (non-hydrogen) atoms. The van der Waals surface area contributed by atoms with E-state index >= 15 is 0 Å². The number of hydrogen-bond acceptors (Lipinski definition) is 7. The second-order valence-corrected chi connectivity index (χ2v) is 2.98. The number of carbonyl (C=O) groups is 1. The van der Waals surface area contributed by atoms with Gasteiger partial charge >= 0.3 is 5.97 Å². The predicted octanol–water partition coefficient (Wildman–Crippen LogP) is 0.319. The van der Waals surface area contributed by atoms with Gasteiger partial charge in [-0.2, -0.15) is 0 Å². The number of fused-ring (bicyclic) bond motifs is 1. The summed E-state index contributed by atoms with van der Waals surface area (Å²) in [4.78, 5) is 11.3. The fourth-order valence-electron chi connectivity index (χ4n) is 1.38. The van der Waals surface area contributed by atoms with Gasteiger partial charge in [0, 0.05) is 0 Å². The maximum absolute atomic E-state index is 11.3. The summed E-state index contributed by atoms with van der Waals surface area (Å²) in [6.07, 6.45) is 0. The zero-order chi connectivity index (χ0) is 11.9. The zero-order valence-corrected chi connectivity index (χ0v) is 8.18. The third-order valence-corrected chi connectivity index (χ3v) is 2.13. The molecular weight excluding hydrogens is 220 g/mol. The van der Waals surface area contributed by atoms with Crippen LogP contribution in [0, 0.1) is 0 Å². The number of aromatic hydroxyl groups is 3. The van der Waals surface area contributed by atoms with Gasteiger partial charge in [-0.25, -0.2) is 4.79 Å². The molecule has 0 radical (unpaired) electrons. The first-order valence-electron chi connectivity index (χ1n) is 4.22. The van der Waals surface area contributed by atoms with Gasteiger partial charge in [0.05, 0.1) is 7.11 Å². The first-order chi connectivity index (χ1) is 7.57. The lowest BCUT2D eigenvalue weighted by Gasteiger charge is -2.09. The van der Waals surface area contributed by atoms with Crippen LogP contribution in [-0.2, 0) is 4.74 Å². The smallest absolute Gasteiger partial charge is 0.345 e. The van der Waals surface area contributed by atoms with E-state index in [-0.39, 0.29) is 18.3 Å². The molecule has 1 aromatic carbocycles. The first kappa shape index (κ1) is 10.2. The van der Waals surface area contributed by atoms with Crippen molar-refractivity contribution in [2.24, 2.45) is 0 Å². The maximum atomic E-state index is 11.3. The number of methoxy groups -OCH3 is 1. The van der Waals surface area contributed by atoms with Gasteiger partial charge < -0.3 is 29.5 Å². The van der Waals surface area contributed by atoms with E-state index < -0.39 is 28.8 Å². The third-order valence-electron chi connectivity index (χ3n) is 2.13. The highest BCUT2D eigenvalue weighted by atomic mass is 16.7. The van der Waals surface area contributed by atoms with Crippen molar-refractivity contribution in [3.63, 3.8) is 0 Å². The molecule has 1 heterocycles. The second-order valence-electron chi connectivity index (χ2n) is 2.98. The van der Waals surface area contributed by atoms with Crippen LogP contribution in [0.25, 0.3) is 0 Å². The predicted molar refractivity (Wildman–Crippen MR) is 48.9 cm³/mol. The van der Waals surface area contributed by atoms with Gasteiger partial charge in [-0.1, -0.05) is 0 Å². The van der Waals surface area contributed by atoms with E-state index in [2.05, 4.69) is 4.74 Å². The average Bonchev–Trinajstić information content (AvgIpc) is 2.75. The number of hydrogen-bond donors (Lipinski definition) is 3. The van der Waals surface area contributed by atoms with Crippen LogP contribution in [0.4, 0.5) is 0 Å². The Bertz CT molecular complexity index is 466. The molecule has 0 amide bonds. The fourth-order valence-corrected chi connectivity index (χ4v) is 1.38. The van der Waals surface area contributed by atoms with Crippen molar-refractivity contribution >= 4 is 5.97 Å². The molecule has 0 unspecified atom stereocenters. The Balaban J connectivity index is 2.71. The van der Waals surface area contributed by atoms with Crippen LogP contribution in [0.3, 0.4) is 0 Å². The van der Waals surface area contributed by atoms with E-state index in [1.54, 1.807) is 0 Å². The standard InChI is InChI=1S/C9H8O7/c1-14-9(13)3-4(10)6(12)8-7(5(3)11)15-2-16-8/h10-12H,2H2,1H3. The van der Waals surface area contributed by atoms with Gasteiger partial charge in [-0.15, -0.1) is 0 Å². The monoisotopic (exact) mass is 228 g/mol. The summed E-state index contributed by atoms with van der Waals surface area (Å²) >= 11 is 0. The van der Waals surface area contributed by atoms with Crippen molar-refractivity contribution in [3.05, 3.63) is 5.56 Å². The molecule has 86 valence electrons. The van der Waals surface area contributed by atoms with E-state index in [4.69, 9.17) is 9.47 Å². The molecule has 0 fully saturated rings. The van der Waals surface area contributed by atoms with Gasteiger partial charge in [-0.3, -0.25) is 0 Å². The van der Waals surface area contributed by atoms with Crippen LogP contribution in [0.1, 0.15) is 10.4 Å². The lowest BCUT2D eigenvalue weighted by atomic mass is 10.1. The molecule has 0 spiro atoms. The summed E-state index contributed by atoms with van der Waals surface area (Å²) in [6.45, 7) is -0.222. The highest BCUT2D eigenvalue weighted by molar-refractivity contribution is 5.98. The van der Waals surface area contributed by atoms with Crippen molar-refractivity contribution in [2.45, 2.75) is 0 Å². The maximum Gasteiger partial charge on any atom is 0.345 e. The summed E-state index contributed by atoms with van der Waals surface area (Å²) < 4.78 is 14.0. The SMILES string of the molecule is COC(=O)c1c(O)c(O)c2c(c1O)OCO2. The Morgan fingerprint density at radius 2 is 1.69 bits per heavy atom. The topological polar surface area (TPSA) is 105 Å². The molecular formula is C9H8O7. The molecule has 0 aromatic heterocycles. The molecule has 0 aliphatic carbocycles. The molecule has 0 bridgehead atoms. The zero-order valence-electron chi connectivity index (χ0n) is 8.18. The van der Waals surface area contributed by atoms with Crippen LogP contribution >= 0.6 is 0 Å². The highest BCUT2D eigenvalue weighted by Crippen LogP contribution is 2.54. The van der Waals surface area contributed by atoms with Crippen molar-refractivity contribution in [2.75, 3.05) is 13.9 Å². The number of ether oxygens (including phenoxy) is 3. The number of phenols is 3. The van der Waals surface area contributed by atoms with Crippen LogP contribution in [0.5, 0.6) is 28.7 Å². The molecule has 0 saturated carbocycles. The van der Waals surface area contributed by atoms with Crippen LogP contribution in [0.2, 0.25) is 0 Å². The summed E-state index contributed by atoms with van der Waals surface area (Å²) in [5.41, 5.74) is -0.566. The number of carbonyl (C=O) groups excluding carboxylic acids is 1. The molecule has 1 aliphatic rings. The van der Waals surface area contributed by atoms with Gasteiger partial charge in [-0.05, 0) is 0 Å². The van der Waals surface area contributed by atoms with E-state index in [1.165, 1.54) is 0 Å². The van der Waals surface area contributed by atoms with Gasteiger partial charge in [0.2, 0.25) is 24.0 Å². The molecule has 2 rings (SSSR count). The Morgan fingerprint density at radius 3 is 2.25 bits per heavy atom. The van der Waals surface area contributed by atoms with Crippen molar-refractivity contribution in [1.82, 2.24) is 0 Å². The van der Waals surface area contributed by atoms with Gasteiger partial charge in [0.1, 0.15) is 0 Å². The van der Waals surface area contributed by atoms with E-state index in [0.29, 0.717) is 0 Å². The molecule has 0 saturated heterocycles. The number of benzene rings is 1. The lowest BCUT2D eigenvalue weighted by Crippen LogP contribution is -2.02. The molecule has 1 aliphatic heterocycles. The summed E-state index contributed by atoms with van der Waals surface area (Å²) in [7, 11) is 1.07. The molecule has 1 aromatic rings. The van der Waals surface area contributed by atoms with Crippen LogP contribution in [-0.4, -0.2) is 35.2 Å². The lowest BCUT2D eigenvalue weighted by molar-refractivity contribution is 0.0592. The van der Waals surface area contributed by atoms with E-state index in [0.717, 1.165) is 7.11 Å². The van der Waals surface area contributed by atoms with E-state index in [1.807, 2.05) is 0 Å². The summed E-state index contributed by atoms with van der Waals surface area (Å²) in [5, 5.41) is 28.6. The van der Waals surface area contributed by atoms with E-state index in [9.17, 15) is 20.1 Å². The number of rotatable bonds is 1. The molecule has 0 atom stereocenters. The van der Waals surface area contributed by atoms with Crippen molar-refractivity contribution in [1.29, 1.82) is 0 Å². The number of phenolic OH excluding ortho intramolecular Hbond substituents is 3.